The normalized spacial score (nSPS) is 14.1. The standard InChI is InChI=1S/C15H16N2O3S/c1-3-20-15(19)13(9(2)18)21-14-11(8-16)7-10-5-4-6-12(10)17-14/h7,13H,3-6H2,1-2H3. The van der Waals surface area contributed by atoms with Gasteiger partial charge in [0.15, 0.2) is 11.0 Å². The summed E-state index contributed by atoms with van der Waals surface area (Å²) in [5.74, 6) is -0.883. The average Bonchev–Trinajstić information content (AvgIpc) is 2.90. The molecule has 1 aliphatic rings. The summed E-state index contributed by atoms with van der Waals surface area (Å²) in [6.45, 7) is 3.24. The Hall–Kier alpha value is -1.87. The smallest absolute Gasteiger partial charge is 0.327 e. The number of aromatic nitrogens is 1. The van der Waals surface area contributed by atoms with Crippen LogP contribution < -0.4 is 0 Å². The van der Waals surface area contributed by atoms with Crippen molar-refractivity contribution in [2.24, 2.45) is 0 Å². The van der Waals surface area contributed by atoms with Gasteiger partial charge < -0.3 is 4.74 Å². The van der Waals surface area contributed by atoms with Crippen molar-refractivity contribution in [3.8, 4) is 6.07 Å². The lowest BCUT2D eigenvalue weighted by atomic mass is 10.2. The minimum atomic E-state index is -0.969. The lowest BCUT2D eigenvalue weighted by Crippen LogP contribution is -2.27. The highest BCUT2D eigenvalue weighted by Crippen LogP contribution is 2.30. The van der Waals surface area contributed by atoms with Gasteiger partial charge in [-0.15, -0.1) is 0 Å². The number of ketones is 1. The van der Waals surface area contributed by atoms with E-state index in [1.165, 1.54) is 6.92 Å². The van der Waals surface area contributed by atoms with Crippen molar-refractivity contribution in [2.75, 3.05) is 6.61 Å². The first-order valence-electron chi connectivity index (χ1n) is 6.83. The molecule has 1 aromatic heterocycles. The molecule has 1 heterocycles. The van der Waals surface area contributed by atoms with Gasteiger partial charge in [-0.05, 0) is 44.7 Å². The van der Waals surface area contributed by atoms with Crippen molar-refractivity contribution < 1.29 is 14.3 Å². The number of aryl methyl sites for hydroxylation is 2. The zero-order chi connectivity index (χ0) is 15.4. The third kappa shape index (κ3) is 3.42. The van der Waals surface area contributed by atoms with Crippen molar-refractivity contribution in [1.82, 2.24) is 4.98 Å². The van der Waals surface area contributed by atoms with Gasteiger partial charge in [-0.25, -0.2) is 4.98 Å². The summed E-state index contributed by atoms with van der Waals surface area (Å²) in [5, 5.41) is 8.71. The van der Waals surface area contributed by atoms with E-state index in [-0.39, 0.29) is 12.4 Å². The molecule has 0 aliphatic heterocycles. The summed E-state index contributed by atoms with van der Waals surface area (Å²) in [6, 6.07) is 3.91. The van der Waals surface area contributed by atoms with Crippen molar-refractivity contribution >= 4 is 23.5 Å². The molecule has 1 atom stereocenters. The van der Waals surface area contributed by atoms with Crippen LogP contribution in [0.3, 0.4) is 0 Å². The highest BCUT2D eigenvalue weighted by atomic mass is 32.2. The SMILES string of the molecule is CCOC(=O)C(Sc1nc2c(cc1C#N)CCC2)C(C)=O. The van der Waals surface area contributed by atoms with E-state index < -0.39 is 11.2 Å². The van der Waals surface area contributed by atoms with Gasteiger partial charge in [0.2, 0.25) is 0 Å². The maximum Gasteiger partial charge on any atom is 0.327 e. The molecule has 21 heavy (non-hydrogen) atoms. The van der Waals surface area contributed by atoms with E-state index in [9.17, 15) is 14.9 Å². The molecule has 0 fully saturated rings. The van der Waals surface area contributed by atoms with Gasteiger partial charge in [0.25, 0.3) is 0 Å². The van der Waals surface area contributed by atoms with Crippen molar-refractivity contribution in [2.45, 2.75) is 43.4 Å². The summed E-state index contributed by atoms with van der Waals surface area (Å²) < 4.78 is 4.91. The molecule has 0 aromatic carbocycles. The monoisotopic (exact) mass is 304 g/mol. The number of thioether (sulfide) groups is 1. The quantitative estimate of drug-likeness (QED) is 0.470. The molecule has 0 saturated carbocycles. The first-order valence-corrected chi connectivity index (χ1v) is 7.71. The molecule has 0 bridgehead atoms. The van der Waals surface area contributed by atoms with E-state index in [0.29, 0.717) is 10.6 Å². The number of pyridine rings is 1. The van der Waals surface area contributed by atoms with Crippen LogP contribution in [0.25, 0.3) is 0 Å². The molecule has 0 spiro atoms. The Labute approximate surface area is 127 Å². The minimum Gasteiger partial charge on any atom is -0.465 e. The zero-order valence-corrected chi connectivity index (χ0v) is 12.8. The zero-order valence-electron chi connectivity index (χ0n) is 12.0. The van der Waals surface area contributed by atoms with E-state index in [4.69, 9.17) is 4.74 Å². The Morgan fingerprint density at radius 3 is 2.90 bits per heavy atom. The first-order chi connectivity index (χ1) is 10.1. The van der Waals surface area contributed by atoms with Gasteiger partial charge >= 0.3 is 5.97 Å². The summed E-state index contributed by atoms with van der Waals surface area (Å²) in [6.07, 6.45) is 2.82. The molecule has 1 aromatic rings. The van der Waals surface area contributed by atoms with E-state index in [0.717, 1.165) is 42.3 Å². The fourth-order valence-corrected chi connectivity index (χ4v) is 3.20. The van der Waals surface area contributed by atoms with E-state index >= 15 is 0 Å². The summed E-state index contributed by atoms with van der Waals surface area (Å²) >= 11 is 1.00. The third-order valence-electron chi connectivity index (χ3n) is 3.24. The van der Waals surface area contributed by atoms with Crippen molar-refractivity contribution in [3.63, 3.8) is 0 Å². The fourth-order valence-electron chi connectivity index (χ4n) is 2.25. The Morgan fingerprint density at radius 2 is 2.29 bits per heavy atom. The minimum absolute atomic E-state index is 0.214. The lowest BCUT2D eigenvalue weighted by molar-refractivity contribution is -0.144. The number of Topliss-reactive ketones (excluding diaryl/α,β-unsaturated/α-hetero) is 1. The summed E-state index contributed by atoms with van der Waals surface area (Å²) in [4.78, 5) is 28.0. The maximum atomic E-state index is 11.8. The number of esters is 1. The molecular formula is C15H16N2O3S. The number of hydrogen-bond donors (Lipinski definition) is 0. The van der Waals surface area contributed by atoms with Gasteiger partial charge in [0.1, 0.15) is 11.1 Å². The Bertz CT molecular complexity index is 622. The molecule has 110 valence electrons. The molecule has 0 amide bonds. The number of carbonyl (C=O) groups is 2. The average molecular weight is 304 g/mol. The summed E-state index contributed by atoms with van der Waals surface area (Å²) in [5.41, 5.74) is 2.46. The number of rotatable bonds is 5. The van der Waals surface area contributed by atoms with Crippen LogP contribution in [0.5, 0.6) is 0 Å². The van der Waals surface area contributed by atoms with Crippen LogP contribution >= 0.6 is 11.8 Å². The number of hydrogen-bond acceptors (Lipinski definition) is 6. The molecule has 2 rings (SSSR count). The Balaban J connectivity index is 2.30. The molecule has 0 radical (unpaired) electrons. The number of nitrogens with zero attached hydrogens (tertiary/aromatic N) is 2. The van der Waals surface area contributed by atoms with Gasteiger partial charge in [-0.3, -0.25) is 9.59 Å². The van der Waals surface area contributed by atoms with Crippen LogP contribution in [0.1, 0.15) is 37.1 Å². The lowest BCUT2D eigenvalue weighted by Gasteiger charge is -2.13. The molecule has 5 nitrogen and oxygen atoms in total. The van der Waals surface area contributed by atoms with Gasteiger partial charge in [0, 0.05) is 5.69 Å². The molecule has 0 N–H and O–H groups in total. The molecular weight excluding hydrogens is 288 g/mol. The van der Waals surface area contributed by atoms with Crippen LogP contribution in [-0.4, -0.2) is 28.6 Å². The predicted molar refractivity (Wildman–Crippen MR) is 77.9 cm³/mol. The highest BCUT2D eigenvalue weighted by molar-refractivity contribution is 8.01. The summed E-state index contributed by atoms with van der Waals surface area (Å²) in [7, 11) is 0. The second kappa shape index (κ2) is 6.72. The van der Waals surface area contributed by atoms with E-state index in [2.05, 4.69) is 11.1 Å². The second-order valence-corrected chi connectivity index (χ2v) is 5.87. The van der Waals surface area contributed by atoms with Crippen LogP contribution in [0.15, 0.2) is 11.1 Å². The van der Waals surface area contributed by atoms with Crippen LogP contribution in [-0.2, 0) is 27.2 Å². The Kier molecular flexibility index (Phi) is 4.97. The highest BCUT2D eigenvalue weighted by Gasteiger charge is 2.28. The van der Waals surface area contributed by atoms with Crippen molar-refractivity contribution in [3.05, 3.63) is 22.9 Å². The maximum absolute atomic E-state index is 11.8. The number of fused-ring (bicyclic) bond motifs is 1. The van der Waals surface area contributed by atoms with Crippen LogP contribution in [0.2, 0.25) is 0 Å². The third-order valence-corrected chi connectivity index (χ3v) is 4.53. The van der Waals surface area contributed by atoms with Gasteiger partial charge in [-0.2, -0.15) is 5.26 Å². The fraction of sp³-hybridized carbons (Fsp3) is 0.467. The molecule has 0 saturated heterocycles. The van der Waals surface area contributed by atoms with Crippen LogP contribution in [0.4, 0.5) is 0 Å². The molecule has 1 aliphatic carbocycles. The second-order valence-electron chi connectivity index (χ2n) is 4.77. The van der Waals surface area contributed by atoms with E-state index in [1.807, 2.05) is 6.07 Å². The molecule has 6 heteroatoms. The van der Waals surface area contributed by atoms with Crippen molar-refractivity contribution in [1.29, 1.82) is 5.26 Å². The predicted octanol–water partition coefficient (Wildman–Crippen LogP) is 2.05. The van der Waals surface area contributed by atoms with E-state index in [1.54, 1.807) is 6.92 Å². The Morgan fingerprint density at radius 1 is 1.52 bits per heavy atom. The molecule has 1 unspecified atom stereocenters. The first kappa shape index (κ1) is 15.5. The van der Waals surface area contributed by atoms with Gasteiger partial charge in [0.05, 0.1) is 12.2 Å². The number of ether oxygens (including phenoxy) is 1. The topological polar surface area (TPSA) is 80.0 Å². The van der Waals surface area contributed by atoms with Gasteiger partial charge in [-0.1, -0.05) is 11.8 Å². The number of nitriles is 1. The number of carbonyl (C=O) groups excluding carboxylic acids is 2. The van der Waals surface area contributed by atoms with Crippen LogP contribution in [0, 0.1) is 11.3 Å². The largest absolute Gasteiger partial charge is 0.465 e.